The summed E-state index contributed by atoms with van der Waals surface area (Å²) in [6.07, 6.45) is 4.02. The van der Waals surface area contributed by atoms with E-state index in [4.69, 9.17) is 5.73 Å². The molecule has 14 heavy (non-hydrogen) atoms. The molecule has 2 fully saturated rings. The molecular weight excluding hydrogens is 172 g/mol. The third-order valence-corrected chi connectivity index (χ3v) is 4.59. The number of nitrogens with zero attached hydrogens (tertiary/aromatic N) is 1. The lowest BCUT2D eigenvalue weighted by Crippen LogP contribution is -2.63. The van der Waals surface area contributed by atoms with Crippen LogP contribution in [0.3, 0.4) is 0 Å². The van der Waals surface area contributed by atoms with Crippen LogP contribution in [0.15, 0.2) is 0 Å². The molecule has 0 aromatic rings. The maximum Gasteiger partial charge on any atom is 0.0357 e. The van der Waals surface area contributed by atoms with E-state index in [1.165, 1.54) is 32.4 Å². The number of nitrogens with two attached hydrogens (primary N) is 1. The van der Waals surface area contributed by atoms with E-state index in [0.717, 1.165) is 12.5 Å². The number of hydrogen-bond acceptors (Lipinski definition) is 2. The first-order valence-electron chi connectivity index (χ1n) is 5.95. The van der Waals surface area contributed by atoms with Crippen molar-refractivity contribution < 1.29 is 0 Å². The molecule has 1 aliphatic carbocycles. The van der Waals surface area contributed by atoms with Crippen LogP contribution in [0.25, 0.3) is 0 Å². The van der Waals surface area contributed by atoms with Gasteiger partial charge in [-0.2, -0.15) is 0 Å². The summed E-state index contributed by atoms with van der Waals surface area (Å²) >= 11 is 0. The van der Waals surface area contributed by atoms with E-state index in [9.17, 15) is 0 Å². The van der Waals surface area contributed by atoms with Crippen LogP contribution in [0.2, 0.25) is 0 Å². The van der Waals surface area contributed by atoms with Gasteiger partial charge >= 0.3 is 0 Å². The molecule has 0 bridgehead atoms. The molecule has 0 aromatic carbocycles. The fourth-order valence-corrected chi connectivity index (χ4v) is 3.16. The zero-order valence-corrected chi connectivity index (χ0v) is 9.84. The van der Waals surface area contributed by atoms with Crippen molar-refractivity contribution in [2.75, 3.05) is 19.6 Å². The van der Waals surface area contributed by atoms with Crippen molar-refractivity contribution >= 4 is 0 Å². The maximum absolute atomic E-state index is 5.99. The Hall–Kier alpha value is -0.0800. The van der Waals surface area contributed by atoms with Gasteiger partial charge in [0, 0.05) is 18.6 Å². The van der Waals surface area contributed by atoms with Crippen molar-refractivity contribution in [2.24, 2.45) is 17.1 Å². The van der Waals surface area contributed by atoms with Gasteiger partial charge in [-0.15, -0.1) is 0 Å². The van der Waals surface area contributed by atoms with Crippen LogP contribution < -0.4 is 5.73 Å². The molecular formula is C12H24N2. The highest BCUT2D eigenvalue weighted by atomic mass is 15.2. The Bertz CT molecular complexity index is 220. The molecule has 2 aliphatic rings. The van der Waals surface area contributed by atoms with Crippen molar-refractivity contribution in [1.82, 2.24) is 4.90 Å². The van der Waals surface area contributed by atoms with Crippen LogP contribution in [0.5, 0.6) is 0 Å². The lowest BCUT2D eigenvalue weighted by Gasteiger charge is -2.54. The number of likely N-dealkylation sites (tertiary alicyclic amines) is 1. The summed E-state index contributed by atoms with van der Waals surface area (Å²) in [5, 5.41) is 0. The van der Waals surface area contributed by atoms with Gasteiger partial charge in [-0.25, -0.2) is 0 Å². The first kappa shape index (κ1) is 10.4. The molecule has 1 saturated carbocycles. The Balaban J connectivity index is 2.08. The van der Waals surface area contributed by atoms with Crippen LogP contribution in [0.1, 0.15) is 40.0 Å². The molecule has 0 radical (unpaired) electrons. The molecule has 0 amide bonds. The van der Waals surface area contributed by atoms with Gasteiger partial charge in [0.1, 0.15) is 0 Å². The Morgan fingerprint density at radius 1 is 1.36 bits per heavy atom. The molecule has 2 nitrogen and oxygen atoms in total. The zero-order chi connectivity index (χ0) is 10.4. The lowest BCUT2D eigenvalue weighted by molar-refractivity contribution is -0.0193. The van der Waals surface area contributed by atoms with E-state index in [-0.39, 0.29) is 0 Å². The molecule has 0 spiro atoms. The average molecular weight is 196 g/mol. The van der Waals surface area contributed by atoms with Crippen molar-refractivity contribution in [2.45, 2.75) is 45.6 Å². The van der Waals surface area contributed by atoms with E-state index < -0.39 is 0 Å². The van der Waals surface area contributed by atoms with Crippen molar-refractivity contribution in [3.8, 4) is 0 Å². The predicted molar refractivity (Wildman–Crippen MR) is 60.2 cm³/mol. The molecule has 1 saturated heterocycles. The second kappa shape index (κ2) is 3.21. The Morgan fingerprint density at radius 2 is 2.07 bits per heavy atom. The van der Waals surface area contributed by atoms with Gasteiger partial charge in [0.25, 0.3) is 0 Å². The Labute approximate surface area is 87.8 Å². The molecule has 2 atom stereocenters. The van der Waals surface area contributed by atoms with E-state index in [0.29, 0.717) is 11.0 Å². The highest BCUT2D eigenvalue weighted by Gasteiger charge is 2.50. The normalized spacial score (nSPS) is 42.4. The smallest absolute Gasteiger partial charge is 0.0357 e. The van der Waals surface area contributed by atoms with E-state index >= 15 is 0 Å². The van der Waals surface area contributed by atoms with Gasteiger partial charge in [0.05, 0.1) is 0 Å². The first-order chi connectivity index (χ1) is 6.50. The summed E-state index contributed by atoms with van der Waals surface area (Å²) in [5.74, 6) is 0.807. The lowest BCUT2D eigenvalue weighted by atomic mass is 9.66. The van der Waals surface area contributed by atoms with Crippen molar-refractivity contribution in [3.05, 3.63) is 0 Å². The van der Waals surface area contributed by atoms with E-state index in [1.807, 2.05) is 0 Å². The molecule has 2 rings (SSSR count). The third-order valence-electron chi connectivity index (χ3n) is 4.59. The minimum absolute atomic E-state index is 0.369. The monoisotopic (exact) mass is 196 g/mol. The van der Waals surface area contributed by atoms with Crippen molar-refractivity contribution in [1.29, 1.82) is 0 Å². The summed E-state index contributed by atoms with van der Waals surface area (Å²) in [6.45, 7) is 10.5. The van der Waals surface area contributed by atoms with E-state index in [1.54, 1.807) is 0 Å². The average Bonchev–Trinajstić information content (AvgIpc) is 2.46. The van der Waals surface area contributed by atoms with Gasteiger partial charge in [-0.1, -0.05) is 20.8 Å². The second-order valence-corrected chi connectivity index (χ2v) is 6.08. The Kier molecular flexibility index (Phi) is 2.39. The van der Waals surface area contributed by atoms with Gasteiger partial charge in [-0.05, 0) is 37.1 Å². The summed E-state index contributed by atoms with van der Waals surface area (Å²) in [5.41, 5.74) is 6.87. The standard InChI is InChI=1S/C12H24N2/c1-10-4-5-12(10,8-13)14-7-6-11(2,3)9-14/h10H,4-9,13H2,1-3H3. The molecule has 2 unspecified atom stereocenters. The minimum atomic E-state index is 0.369. The topological polar surface area (TPSA) is 29.3 Å². The summed E-state index contributed by atoms with van der Waals surface area (Å²) < 4.78 is 0. The summed E-state index contributed by atoms with van der Waals surface area (Å²) in [7, 11) is 0. The highest BCUT2D eigenvalue weighted by Crippen LogP contribution is 2.46. The molecule has 1 heterocycles. The van der Waals surface area contributed by atoms with Gasteiger partial charge < -0.3 is 5.73 Å². The van der Waals surface area contributed by atoms with Gasteiger partial charge in [0.2, 0.25) is 0 Å². The number of hydrogen-bond donors (Lipinski definition) is 1. The molecule has 2 heteroatoms. The molecule has 0 aromatic heterocycles. The van der Waals surface area contributed by atoms with Crippen LogP contribution >= 0.6 is 0 Å². The largest absolute Gasteiger partial charge is 0.329 e. The first-order valence-corrected chi connectivity index (χ1v) is 5.95. The SMILES string of the molecule is CC1CCC1(CN)N1CCC(C)(C)C1. The maximum atomic E-state index is 5.99. The fourth-order valence-electron chi connectivity index (χ4n) is 3.16. The van der Waals surface area contributed by atoms with Gasteiger partial charge in [-0.3, -0.25) is 4.90 Å². The quantitative estimate of drug-likeness (QED) is 0.730. The predicted octanol–water partition coefficient (Wildman–Crippen LogP) is 1.85. The molecule has 1 aliphatic heterocycles. The summed E-state index contributed by atoms with van der Waals surface area (Å²) in [4.78, 5) is 2.67. The van der Waals surface area contributed by atoms with Crippen LogP contribution in [-0.4, -0.2) is 30.1 Å². The minimum Gasteiger partial charge on any atom is -0.329 e. The zero-order valence-electron chi connectivity index (χ0n) is 9.84. The second-order valence-electron chi connectivity index (χ2n) is 6.08. The fraction of sp³-hybridized carbons (Fsp3) is 1.00. The van der Waals surface area contributed by atoms with Gasteiger partial charge in [0.15, 0.2) is 0 Å². The highest BCUT2D eigenvalue weighted by molar-refractivity contribution is 5.06. The van der Waals surface area contributed by atoms with E-state index in [2.05, 4.69) is 25.7 Å². The van der Waals surface area contributed by atoms with Crippen LogP contribution in [-0.2, 0) is 0 Å². The molecule has 82 valence electrons. The summed E-state index contributed by atoms with van der Waals surface area (Å²) in [6, 6.07) is 0. The van der Waals surface area contributed by atoms with Crippen LogP contribution in [0, 0.1) is 11.3 Å². The van der Waals surface area contributed by atoms with Crippen LogP contribution in [0.4, 0.5) is 0 Å². The number of rotatable bonds is 2. The van der Waals surface area contributed by atoms with Crippen molar-refractivity contribution in [3.63, 3.8) is 0 Å². The Morgan fingerprint density at radius 3 is 2.36 bits per heavy atom. The molecule has 2 N–H and O–H groups in total. The third kappa shape index (κ3) is 1.40.